The second-order valence-electron chi connectivity index (χ2n) is 5.94. The molecule has 0 atom stereocenters. The molecule has 25 heavy (non-hydrogen) atoms. The molecule has 0 aliphatic carbocycles. The van der Waals surface area contributed by atoms with E-state index in [-0.39, 0.29) is 6.61 Å². The summed E-state index contributed by atoms with van der Waals surface area (Å²) in [5.41, 5.74) is 2.74. The summed E-state index contributed by atoms with van der Waals surface area (Å²) in [4.78, 5) is 7.69. The largest absolute Gasteiger partial charge is 0.392 e. The normalized spacial score (nSPS) is 15.7. The van der Waals surface area contributed by atoms with E-state index >= 15 is 0 Å². The van der Waals surface area contributed by atoms with Gasteiger partial charge in [0.25, 0.3) is 0 Å². The fourth-order valence-corrected chi connectivity index (χ4v) is 3.80. The van der Waals surface area contributed by atoms with Gasteiger partial charge in [-0.25, -0.2) is 9.50 Å². The molecule has 0 saturated carbocycles. The maximum Gasteiger partial charge on any atom is 0.214 e. The number of aliphatic hydroxyl groups is 1. The van der Waals surface area contributed by atoms with Gasteiger partial charge >= 0.3 is 0 Å². The van der Waals surface area contributed by atoms with Crippen LogP contribution in [0, 0.1) is 0 Å². The van der Waals surface area contributed by atoms with E-state index in [1.54, 1.807) is 0 Å². The van der Waals surface area contributed by atoms with Crippen molar-refractivity contribution in [1.29, 1.82) is 0 Å². The van der Waals surface area contributed by atoms with Gasteiger partial charge in [-0.05, 0) is 5.56 Å². The van der Waals surface area contributed by atoms with E-state index in [1.165, 1.54) is 11.3 Å². The van der Waals surface area contributed by atoms with Crippen LogP contribution in [-0.2, 0) is 11.3 Å². The number of aromatic nitrogens is 3. The van der Waals surface area contributed by atoms with E-state index in [0.29, 0.717) is 0 Å². The van der Waals surface area contributed by atoms with Crippen molar-refractivity contribution in [2.45, 2.75) is 6.61 Å². The highest BCUT2D eigenvalue weighted by Crippen LogP contribution is 2.28. The van der Waals surface area contributed by atoms with E-state index in [1.807, 2.05) is 35.0 Å². The summed E-state index contributed by atoms with van der Waals surface area (Å²) in [6.45, 7) is 5.44. The summed E-state index contributed by atoms with van der Waals surface area (Å²) in [5.74, 6) is 0. The third-order valence-electron chi connectivity index (χ3n) is 4.36. The molecule has 1 aliphatic heterocycles. The standard InChI is InChI=1S/C17H21N5O2S/c23-12-13-3-1-2-4-14(13)15-11-19-17-22(15)20-16(25-17)18-5-6-21-7-9-24-10-8-21/h1-4,11,23H,5-10,12H2,(H,18,20). The second kappa shape index (κ2) is 7.49. The number of hydrogen-bond acceptors (Lipinski definition) is 7. The molecule has 7 nitrogen and oxygen atoms in total. The van der Waals surface area contributed by atoms with Crippen LogP contribution >= 0.6 is 11.3 Å². The Balaban J connectivity index is 1.48. The number of aliphatic hydroxyl groups excluding tert-OH is 1. The maximum absolute atomic E-state index is 9.56. The molecule has 3 heterocycles. The minimum absolute atomic E-state index is 0.00179. The molecule has 8 heteroatoms. The number of hydrogen-bond donors (Lipinski definition) is 2. The lowest BCUT2D eigenvalue weighted by Gasteiger charge is -2.26. The fraction of sp³-hybridized carbons (Fsp3) is 0.412. The highest BCUT2D eigenvalue weighted by molar-refractivity contribution is 7.20. The number of anilines is 1. The molecule has 2 aromatic heterocycles. The molecular weight excluding hydrogens is 338 g/mol. The predicted molar refractivity (Wildman–Crippen MR) is 98.0 cm³/mol. The van der Waals surface area contributed by atoms with Crippen LogP contribution in [0.4, 0.5) is 5.13 Å². The maximum atomic E-state index is 9.56. The van der Waals surface area contributed by atoms with E-state index in [4.69, 9.17) is 4.74 Å². The van der Waals surface area contributed by atoms with Crippen LogP contribution in [0.15, 0.2) is 30.5 Å². The summed E-state index contributed by atoms with van der Waals surface area (Å²) < 4.78 is 7.21. The summed E-state index contributed by atoms with van der Waals surface area (Å²) in [6.07, 6.45) is 1.81. The molecule has 1 aliphatic rings. The fourth-order valence-electron chi connectivity index (χ4n) is 3.00. The second-order valence-corrected chi connectivity index (χ2v) is 6.90. The summed E-state index contributed by atoms with van der Waals surface area (Å²) in [7, 11) is 0. The van der Waals surface area contributed by atoms with Crippen LogP contribution < -0.4 is 5.32 Å². The van der Waals surface area contributed by atoms with Crippen LogP contribution in [0.25, 0.3) is 16.2 Å². The van der Waals surface area contributed by atoms with E-state index in [9.17, 15) is 5.11 Å². The minimum Gasteiger partial charge on any atom is -0.392 e. The van der Waals surface area contributed by atoms with Crippen molar-refractivity contribution in [1.82, 2.24) is 19.5 Å². The first-order valence-corrected chi connectivity index (χ1v) is 9.24. The molecule has 0 bridgehead atoms. The van der Waals surface area contributed by atoms with Crippen LogP contribution in [0.2, 0.25) is 0 Å². The van der Waals surface area contributed by atoms with Gasteiger partial charge in [0.1, 0.15) is 0 Å². The number of nitrogens with one attached hydrogen (secondary N) is 1. The Bertz CT molecular complexity index is 841. The highest BCUT2D eigenvalue weighted by atomic mass is 32.1. The van der Waals surface area contributed by atoms with Crippen molar-refractivity contribution in [2.24, 2.45) is 0 Å². The zero-order valence-corrected chi connectivity index (χ0v) is 14.7. The van der Waals surface area contributed by atoms with Gasteiger partial charge in [-0.3, -0.25) is 4.90 Å². The molecular formula is C17H21N5O2S. The first-order chi connectivity index (χ1) is 12.3. The average molecular weight is 359 g/mol. The molecule has 132 valence electrons. The molecule has 1 fully saturated rings. The molecule has 1 aromatic carbocycles. The number of ether oxygens (including phenoxy) is 1. The number of rotatable bonds is 6. The van der Waals surface area contributed by atoms with Gasteiger partial charge in [0, 0.05) is 31.7 Å². The smallest absolute Gasteiger partial charge is 0.214 e. The van der Waals surface area contributed by atoms with Gasteiger partial charge < -0.3 is 15.2 Å². The van der Waals surface area contributed by atoms with E-state index < -0.39 is 0 Å². The van der Waals surface area contributed by atoms with Crippen molar-refractivity contribution in [3.63, 3.8) is 0 Å². The Morgan fingerprint density at radius 3 is 2.92 bits per heavy atom. The van der Waals surface area contributed by atoms with Gasteiger partial charge in [0.2, 0.25) is 10.1 Å². The van der Waals surface area contributed by atoms with Crippen LogP contribution in [0.3, 0.4) is 0 Å². The van der Waals surface area contributed by atoms with Gasteiger partial charge in [-0.1, -0.05) is 35.6 Å². The number of imidazole rings is 1. The van der Waals surface area contributed by atoms with Crippen molar-refractivity contribution in [2.75, 3.05) is 44.7 Å². The summed E-state index contributed by atoms with van der Waals surface area (Å²) >= 11 is 1.54. The minimum atomic E-state index is -0.00179. The Hall–Kier alpha value is -2.00. The van der Waals surface area contributed by atoms with E-state index in [2.05, 4.69) is 20.3 Å². The third kappa shape index (κ3) is 3.52. The Morgan fingerprint density at radius 2 is 2.08 bits per heavy atom. The molecule has 0 amide bonds. The number of fused-ring (bicyclic) bond motifs is 1. The topological polar surface area (TPSA) is 74.9 Å². The van der Waals surface area contributed by atoms with Gasteiger partial charge in [0.15, 0.2) is 0 Å². The van der Waals surface area contributed by atoms with Crippen LogP contribution in [0.5, 0.6) is 0 Å². The van der Waals surface area contributed by atoms with Crippen molar-refractivity contribution < 1.29 is 9.84 Å². The number of benzene rings is 1. The summed E-state index contributed by atoms with van der Waals surface area (Å²) in [6, 6.07) is 7.79. The number of morpholine rings is 1. The van der Waals surface area contributed by atoms with Gasteiger partial charge in [0.05, 0.1) is 31.7 Å². The first-order valence-electron chi connectivity index (χ1n) is 8.43. The van der Waals surface area contributed by atoms with Crippen LogP contribution in [-0.4, -0.2) is 64.0 Å². The van der Waals surface area contributed by atoms with Gasteiger partial charge in [-0.2, -0.15) is 0 Å². The third-order valence-corrected chi connectivity index (χ3v) is 5.24. The van der Waals surface area contributed by atoms with E-state index in [0.717, 1.165) is 66.3 Å². The van der Waals surface area contributed by atoms with Crippen molar-refractivity contribution in [3.8, 4) is 11.3 Å². The van der Waals surface area contributed by atoms with Crippen molar-refractivity contribution in [3.05, 3.63) is 36.0 Å². The average Bonchev–Trinajstić information content (AvgIpc) is 3.23. The lowest BCUT2D eigenvalue weighted by Crippen LogP contribution is -2.39. The molecule has 0 radical (unpaired) electrons. The Labute approximate surface area is 149 Å². The molecule has 0 spiro atoms. The van der Waals surface area contributed by atoms with Crippen LogP contribution in [0.1, 0.15) is 5.56 Å². The van der Waals surface area contributed by atoms with Crippen molar-refractivity contribution >= 4 is 21.4 Å². The monoisotopic (exact) mass is 359 g/mol. The molecule has 0 unspecified atom stereocenters. The molecule has 4 rings (SSSR count). The molecule has 3 aromatic rings. The lowest BCUT2D eigenvalue weighted by atomic mass is 10.1. The lowest BCUT2D eigenvalue weighted by molar-refractivity contribution is 0.0398. The predicted octanol–water partition coefficient (Wildman–Crippen LogP) is 1.69. The zero-order chi connectivity index (χ0) is 17.1. The number of nitrogens with zero attached hydrogens (tertiary/aromatic N) is 4. The quantitative estimate of drug-likeness (QED) is 0.698. The SMILES string of the molecule is OCc1ccccc1-c1cnc2sc(NCCN3CCOCC3)nn12. The Morgan fingerprint density at radius 1 is 1.24 bits per heavy atom. The first kappa shape index (κ1) is 16.5. The summed E-state index contributed by atoms with van der Waals surface area (Å²) in [5, 5.41) is 18.5. The van der Waals surface area contributed by atoms with Gasteiger partial charge in [-0.15, -0.1) is 5.10 Å². The molecule has 1 saturated heterocycles. The Kier molecular flexibility index (Phi) is 4.93. The molecule has 2 N–H and O–H groups in total. The highest BCUT2D eigenvalue weighted by Gasteiger charge is 2.14. The zero-order valence-electron chi connectivity index (χ0n) is 13.9.